The van der Waals surface area contributed by atoms with Crippen LogP contribution in [0.4, 0.5) is 5.13 Å². The number of anilines is 1. The van der Waals surface area contributed by atoms with E-state index in [1.54, 1.807) is 0 Å². The molecule has 0 unspecified atom stereocenters. The molecular formula is C21H15ClN2O3S2. The molecule has 0 radical (unpaired) electrons. The fourth-order valence-corrected chi connectivity index (χ4v) is 4.86. The SMILES string of the molecule is O=C(CS(=O)(=O)c1ccc(Cl)cc1)Nc1nc(-c2ccc3ccccc3c2)cs1. The van der Waals surface area contributed by atoms with Crippen molar-refractivity contribution in [1.29, 1.82) is 0 Å². The second-order valence-corrected chi connectivity index (χ2v) is 9.65. The second-order valence-electron chi connectivity index (χ2n) is 6.36. The highest BCUT2D eigenvalue weighted by Crippen LogP contribution is 2.28. The number of thiazole rings is 1. The largest absolute Gasteiger partial charge is 0.301 e. The van der Waals surface area contributed by atoms with E-state index in [0.29, 0.717) is 10.2 Å². The first-order chi connectivity index (χ1) is 13.9. The Labute approximate surface area is 176 Å². The summed E-state index contributed by atoms with van der Waals surface area (Å²) in [5, 5.41) is 7.40. The molecule has 1 aromatic heterocycles. The summed E-state index contributed by atoms with van der Waals surface area (Å²) in [6.07, 6.45) is 0. The summed E-state index contributed by atoms with van der Waals surface area (Å²) < 4.78 is 24.7. The van der Waals surface area contributed by atoms with E-state index >= 15 is 0 Å². The second kappa shape index (κ2) is 7.94. The van der Waals surface area contributed by atoms with E-state index in [0.717, 1.165) is 22.0 Å². The summed E-state index contributed by atoms with van der Waals surface area (Å²) >= 11 is 7.03. The number of halogens is 1. The van der Waals surface area contributed by atoms with Crippen LogP contribution in [-0.4, -0.2) is 25.1 Å². The molecule has 1 N–H and O–H groups in total. The standard InChI is InChI=1S/C21H15ClN2O3S2/c22-17-7-9-18(10-8-17)29(26,27)13-20(25)24-21-23-19(12-28-21)16-6-5-14-3-1-2-4-15(14)11-16/h1-12H,13H2,(H,23,24,25). The van der Waals surface area contributed by atoms with Gasteiger partial charge in [-0.25, -0.2) is 13.4 Å². The number of benzene rings is 3. The molecule has 3 aromatic carbocycles. The van der Waals surface area contributed by atoms with Crippen LogP contribution in [0.5, 0.6) is 0 Å². The molecule has 0 saturated heterocycles. The van der Waals surface area contributed by atoms with Crippen molar-refractivity contribution in [3.8, 4) is 11.3 Å². The normalized spacial score (nSPS) is 11.5. The molecule has 29 heavy (non-hydrogen) atoms. The van der Waals surface area contributed by atoms with Gasteiger partial charge in [-0.1, -0.05) is 48.0 Å². The lowest BCUT2D eigenvalue weighted by atomic mass is 10.1. The Morgan fingerprint density at radius 3 is 2.48 bits per heavy atom. The average Bonchev–Trinajstić information content (AvgIpc) is 3.15. The molecule has 0 saturated carbocycles. The lowest BCUT2D eigenvalue weighted by molar-refractivity contribution is -0.113. The number of carbonyl (C=O) groups is 1. The van der Waals surface area contributed by atoms with Gasteiger partial charge in [-0.15, -0.1) is 11.3 Å². The Kier molecular flexibility index (Phi) is 5.36. The minimum atomic E-state index is -3.76. The summed E-state index contributed by atoms with van der Waals surface area (Å²) in [5.74, 6) is -1.31. The quantitative estimate of drug-likeness (QED) is 0.470. The average molecular weight is 443 g/mol. The number of carbonyl (C=O) groups excluding carboxylic acids is 1. The zero-order valence-corrected chi connectivity index (χ0v) is 17.4. The molecule has 146 valence electrons. The van der Waals surface area contributed by atoms with E-state index in [-0.39, 0.29) is 4.90 Å². The third kappa shape index (κ3) is 4.48. The number of hydrogen-bond donors (Lipinski definition) is 1. The van der Waals surface area contributed by atoms with Gasteiger partial charge in [0, 0.05) is 16.0 Å². The van der Waals surface area contributed by atoms with E-state index in [4.69, 9.17) is 11.6 Å². The maximum absolute atomic E-state index is 12.4. The van der Waals surface area contributed by atoms with Gasteiger partial charge in [-0.05, 0) is 41.1 Å². The predicted octanol–water partition coefficient (Wildman–Crippen LogP) is 5.03. The van der Waals surface area contributed by atoms with Crippen molar-refractivity contribution in [3.05, 3.63) is 77.1 Å². The molecule has 1 heterocycles. The first kappa shape index (κ1) is 19.6. The maximum atomic E-state index is 12.4. The Morgan fingerprint density at radius 1 is 1.00 bits per heavy atom. The number of nitrogens with one attached hydrogen (secondary N) is 1. The minimum absolute atomic E-state index is 0.0491. The topological polar surface area (TPSA) is 76.1 Å². The van der Waals surface area contributed by atoms with Crippen LogP contribution in [0, 0.1) is 0 Å². The molecule has 0 bridgehead atoms. The smallest absolute Gasteiger partial charge is 0.241 e. The lowest BCUT2D eigenvalue weighted by Gasteiger charge is -2.05. The zero-order chi connectivity index (χ0) is 20.4. The summed E-state index contributed by atoms with van der Waals surface area (Å²) in [7, 11) is -3.76. The van der Waals surface area contributed by atoms with Crippen molar-refractivity contribution in [2.45, 2.75) is 4.90 Å². The van der Waals surface area contributed by atoms with Crippen molar-refractivity contribution in [3.63, 3.8) is 0 Å². The highest BCUT2D eigenvalue weighted by Gasteiger charge is 2.20. The Hall–Kier alpha value is -2.74. The van der Waals surface area contributed by atoms with Gasteiger partial charge in [-0.3, -0.25) is 4.79 Å². The summed E-state index contributed by atoms with van der Waals surface area (Å²) in [6, 6.07) is 19.7. The van der Waals surface area contributed by atoms with Gasteiger partial charge in [0.25, 0.3) is 0 Å². The van der Waals surface area contributed by atoms with E-state index in [9.17, 15) is 13.2 Å². The monoisotopic (exact) mass is 442 g/mol. The van der Waals surface area contributed by atoms with E-state index < -0.39 is 21.5 Å². The fraction of sp³-hybridized carbons (Fsp3) is 0.0476. The van der Waals surface area contributed by atoms with Crippen molar-refractivity contribution in [2.24, 2.45) is 0 Å². The van der Waals surface area contributed by atoms with Crippen LogP contribution in [-0.2, 0) is 14.6 Å². The number of aromatic nitrogens is 1. The molecule has 0 spiro atoms. The molecule has 4 rings (SSSR count). The molecule has 0 aliphatic rings. The van der Waals surface area contributed by atoms with Crippen LogP contribution < -0.4 is 5.32 Å². The van der Waals surface area contributed by atoms with Gasteiger partial charge < -0.3 is 5.32 Å². The zero-order valence-electron chi connectivity index (χ0n) is 15.0. The third-order valence-electron chi connectivity index (χ3n) is 4.29. The van der Waals surface area contributed by atoms with Gasteiger partial charge in [0.2, 0.25) is 5.91 Å². The molecule has 1 amide bonds. The number of amides is 1. The van der Waals surface area contributed by atoms with Crippen LogP contribution in [0.1, 0.15) is 0 Å². The fourth-order valence-electron chi connectivity index (χ4n) is 2.87. The van der Waals surface area contributed by atoms with Crippen molar-refractivity contribution < 1.29 is 13.2 Å². The summed E-state index contributed by atoms with van der Waals surface area (Å²) in [6.45, 7) is 0. The van der Waals surface area contributed by atoms with Crippen LogP contribution in [0.3, 0.4) is 0 Å². The van der Waals surface area contributed by atoms with E-state index in [1.807, 2.05) is 47.8 Å². The lowest BCUT2D eigenvalue weighted by Crippen LogP contribution is -2.22. The van der Waals surface area contributed by atoms with E-state index in [2.05, 4.69) is 10.3 Å². The number of nitrogens with zero attached hydrogens (tertiary/aromatic N) is 1. The highest BCUT2D eigenvalue weighted by atomic mass is 35.5. The van der Waals surface area contributed by atoms with Crippen molar-refractivity contribution in [2.75, 3.05) is 11.1 Å². The molecule has 8 heteroatoms. The predicted molar refractivity (Wildman–Crippen MR) is 117 cm³/mol. The van der Waals surface area contributed by atoms with Gasteiger partial charge in [0.15, 0.2) is 15.0 Å². The van der Waals surface area contributed by atoms with Crippen LogP contribution >= 0.6 is 22.9 Å². The van der Waals surface area contributed by atoms with E-state index in [1.165, 1.54) is 35.6 Å². The van der Waals surface area contributed by atoms with Crippen LogP contribution in [0.15, 0.2) is 77.0 Å². The molecule has 0 fully saturated rings. The van der Waals surface area contributed by atoms with Gasteiger partial charge >= 0.3 is 0 Å². The molecule has 0 aliphatic carbocycles. The first-order valence-electron chi connectivity index (χ1n) is 8.64. The third-order valence-corrected chi connectivity index (χ3v) is 6.93. The summed E-state index contributed by atoms with van der Waals surface area (Å²) in [5.41, 5.74) is 1.64. The van der Waals surface area contributed by atoms with Crippen molar-refractivity contribution in [1.82, 2.24) is 4.98 Å². The maximum Gasteiger partial charge on any atom is 0.241 e. The van der Waals surface area contributed by atoms with Gasteiger partial charge in [-0.2, -0.15) is 0 Å². The number of rotatable bonds is 5. The molecule has 0 atom stereocenters. The van der Waals surface area contributed by atoms with Crippen LogP contribution in [0.25, 0.3) is 22.0 Å². The number of hydrogen-bond acceptors (Lipinski definition) is 5. The molecule has 5 nitrogen and oxygen atoms in total. The minimum Gasteiger partial charge on any atom is -0.301 e. The van der Waals surface area contributed by atoms with Gasteiger partial charge in [0.05, 0.1) is 10.6 Å². The highest BCUT2D eigenvalue weighted by molar-refractivity contribution is 7.92. The summed E-state index contributed by atoms with van der Waals surface area (Å²) in [4.78, 5) is 16.7. The first-order valence-corrected chi connectivity index (χ1v) is 11.5. The van der Waals surface area contributed by atoms with Crippen molar-refractivity contribution >= 4 is 54.6 Å². The Bertz CT molecular complexity index is 1300. The van der Waals surface area contributed by atoms with Gasteiger partial charge in [0.1, 0.15) is 5.75 Å². The Balaban J connectivity index is 1.48. The number of sulfone groups is 1. The van der Waals surface area contributed by atoms with Crippen LogP contribution in [0.2, 0.25) is 5.02 Å². The molecule has 0 aliphatic heterocycles. The molecular weight excluding hydrogens is 428 g/mol. The number of fused-ring (bicyclic) bond motifs is 1. The molecule has 4 aromatic rings. The Morgan fingerprint density at radius 2 is 1.72 bits per heavy atom.